The summed E-state index contributed by atoms with van der Waals surface area (Å²) < 4.78 is 5.30. The predicted octanol–water partition coefficient (Wildman–Crippen LogP) is 0.307. The minimum Gasteiger partial charge on any atom is -0.369 e. The summed E-state index contributed by atoms with van der Waals surface area (Å²) in [5, 5.41) is 7.31. The highest BCUT2D eigenvalue weighted by molar-refractivity contribution is 5.75. The van der Waals surface area contributed by atoms with Crippen LogP contribution in [0.5, 0.6) is 0 Å². The van der Waals surface area contributed by atoms with Gasteiger partial charge in [-0.05, 0) is 31.8 Å². The van der Waals surface area contributed by atoms with Gasteiger partial charge >= 0.3 is 0 Å². The molecule has 1 aliphatic heterocycles. The molecule has 7 heteroatoms. The van der Waals surface area contributed by atoms with Crippen molar-refractivity contribution in [3.05, 3.63) is 11.7 Å². The molecule has 0 aliphatic carbocycles. The first kappa shape index (κ1) is 15.9. The number of carbonyl (C=O) groups is 1. The number of carbonyl (C=O) groups excluding carboxylic acids is 1. The summed E-state index contributed by atoms with van der Waals surface area (Å²) in [6, 6.07) is 0.333. The third-order valence-electron chi connectivity index (χ3n) is 3.62. The molecule has 1 fully saturated rings. The Kier molecular flexibility index (Phi) is 5.69. The number of piperidine rings is 1. The van der Waals surface area contributed by atoms with Crippen molar-refractivity contribution in [1.82, 2.24) is 20.4 Å². The molecule has 0 radical (unpaired) electrons. The van der Waals surface area contributed by atoms with Gasteiger partial charge in [-0.1, -0.05) is 19.0 Å². The molecule has 21 heavy (non-hydrogen) atoms. The van der Waals surface area contributed by atoms with E-state index in [1.807, 2.05) is 0 Å². The lowest BCUT2D eigenvalue weighted by Gasteiger charge is -2.32. The van der Waals surface area contributed by atoms with Gasteiger partial charge in [0.1, 0.15) is 0 Å². The molecule has 0 unspecified atom stereocenters. The van der Waals surface area contributed by atoms with Crippen LogP contribution in [0.2, 0.25) is 0 Å². The molecule has 2 heterocycles. The zero-order valence-electron chi connectivity index (χ0n) is 12.8. The summed E-state index contributed by atoms with van der Waals surface area (Å²) in [6.07, 6.45) is 2.80. The van der Waals surface area contributed by atoms with E-state index in [0.29, 0.717) is 24.4 Å². The Labute approximate surface area is 125 Å². The van der Waals surface area contributed by atoms with Gasteiger partial charge in [0.25, 0.3) is 0 Å². The smallest absolute Gasteiger partial charge is 0.240 e. The van der Waals surface area contributed by atoms with Gasteiger partial charge in [-0.3, -0.25) is 9.69 Å². The number of primary amides is 1. The minimum absolute atomic E-state index is 0.229. The van der Waals surface area contributed by atoms with Crippen LogP contribution in [0.3, 0.4) is 0 Å². The highest BCUT2D eigenvalue weighted by Gasteiger charge is 2.24. The minimum atomic E-state index is -0.324. The van der Waals surface area contributed by atoms with Gasteiger partial charge in [-0.2, -0.15) is 4.98 Å². The maximum Gasteiger partial charge on any atom is 0.240 e. The first-order valence-corrected chi connectivity index (χ1v) is 7.59. The first-order chi connectivity index (χ1) is 10.0. The van der Waals surface area contributed by atoms with Crippen LogP contribution in [0.4, 0.5) is 0 Å². The lowest BCUT2D eigenvalue weighted by atomic mass is 10.0. The number of nitrogens with two attached hydrogens (primary N) is 1. The molecule has 0 saturated carbocycles. The molecule has 1 aromatic rings. The second-order valence-corrected chi connectivity index (χ2v) is 6.05. The molecule has 0 spiro atoms. The standard InChI is InChI=1S/C14H25N5O2/c1-10(2)7-13-17-14(21-18-13)9-19(8-12(15)20)11-3-5-16-6-4-11/h10-11,16H,3-9H2,1-2H3,(H2,15,20). The molecule has 2 rings (SSSR count). The van der Waals surface area contributed by atoms with Gasteiger partial charge in [0, 0.05) is 12.5 Å². The van der Waals surface area contributed by atoms with Crippen molar-refractivity contribution in [2.75, 3.05) is 19.6 Å². The molecular weight excluding hydrogens is 270 g/mol. The molecule has 118 valence electrons. The quantitative estimate of drug-likeness (QED) is 0.751. The van der Waals surface area contributed by atoms with Crippen molar-refractivity contribution < 1.29 is 9.32 Å². The molecular formula is C14H25N5O2. The molecule has 0 bridgehead atoms. The van der Waals surface area contributed by atoms with Crippen LogP contribution >= 0.6 is 0 Å². The van der Waals surface area contributed by atoms with E-state index in [-0.39, 0.29) is 12.5 Å². The van der Waals surface area contributed by atoms with Crippen molar-refractivity contribution in [2.24, 2.45) is 11.7 Å². The van der Waals surface area contributed by atoms with E-state index in [1.165, 1.54) is 0 Å². The summed E-state index contributed by atoms with van der Waals surface area (Å²) in [5.41, 5.74) is 5.36. The van der Waals surface area contributed by atoms with Crippen LogP contribution in [0, 0.1) is 5.92 Å². The van der Waals surface area contributed by atoms with E-state index >= 15 is 0 Å². The summed E-state index contributed by atoms with van der Waals surface area (Å²) in [6.45, 7) is 6.87. The van der Waals surface area contributed by atoms with E-state index < -0.39 is 0 Å². The largest absolute Gasteiger partial charge is 0.369 e. The predicted molar refractivity (Wildman–Crippen MR) is 78.3 cm³/mol. The Bertz CT molecular complexity index is 454. The van der Waals surface area contributed by atoms with Crippen molar-refractivity contribution in [3.63, 3.8) is 0 Å². The highest BCUT2D eigenvalue weighted by atomic mass is 16.5. The van der Waals surface area contributed by atoms with Crippen LogP contribution in [0.1, 0.15) is 38.4 Å². The summed E-state index contributed by atoms with van der Waals surface area (Å²) in [7, 11) is 0. The molecule has 7 nitrogen and oxygen atoms in total. The monoisotopic (exact) mass is 295 g/mol. The molecule has 1 saturated heterocycles. The third kappa shape index (κ3) is 5.09. The molecule has 0 aromatic carbocycles. The lowest BCUT2D eigenvalue weighted by Crippen LogP contribution is -2.46. The van der Waals surface area contributed by atoms with E-state index in [0.717, 1.165) is 38.2 Å². The summed E-state index contributed by atoms with van der Waals surface area (Å²) in [4.78, 5) is 17.7. The van der Waals surface area contributed by atoms with Gasteiger partial charge in [-0.25, -0.2) is 0 Å². The SMILES string of the molecule is CC(C)Cc1noc(CN(CC(N)=O)C2CCNCC2)n1. The Balaban J connectivity index is 1.99. The number of rotatable bonds is 7. The van der Waals surface area contributed by atoms with E-state index in [1.54, 1.807) is 0 Å². The fourth-order valence-corrected chi connectivity index (χ4v) is 2.66. The zero-order chi connectivity index (χ0) is 15.2. The van der Waals surface area contributed by atoms with E-state index in [2.05, 4.69) is 34.2 Å². The molecule has 1 aromatic heterocycles. The number of hydrogen-bond acceptors (Lipinski definition) is 6. The van der Waals surface area contributed by atoms with Crippen molar-refractivity contribution >= 4 is 5.91 Å². The average Bonchev–Trinajstić information content (AvgIpc) is 2.85. The molecule has 0 atom stereocenters. The van der Waals surface area contributed by atoms with Crippen LogP contribution in [-0.2, 0) is 17.8 Å². The Hall–Kier alpha value is -1.47. The highest BCUT2D eigenvalue weighted by Crippen LogP contribution is 2.15. The second-order valence-electron chi connectivity index (χ2n) is 6.05. The number of aromatic nitrogens is 2. The summed E-state index contributed by atoms with van der Waals surface area (Å²) in [5.74, 6) is 1.45. The second kappa shape index (κ2) is 7.51. The van der Waals surface area contributed by atoms with Gasteiger partial charge < -0.3 is 15.6 Å². The Morgan fingerprint density at radius 3 is 2.81 bits per heavy atom. The molecule has 1 amide bonds. The number of nitrogens with one attached hydrogen (secondary N) is 1. The van der Waals surface area contributed by atoms with Gasteiger partial charge in [0.2, 0.25) is 11.8 Å². The normalized spacial score (nSPS) is 16.8. The third-order valence-corrected chi connectivity index (χ3v) is 3.62. The average molecular weight is 295 g/mol. The van der Waals surface area contributed by atoms with Crippen LogP contribution in [0.25, 0.3) is 0 Å². The topological polar surface area (TPSA) is 97.3 Å². The van der Waals surface area contributed by atoms with E-state index in [4.69, 9.17) is 10.3 Å². The van der Waals surface area contributed by atoms with Crippen molar-refractivity contribution in [2.45, 2.75) is 45.7 Å². The number of nitrogens with zero attached hydrogens (tertiary/aromatic N) is 3. The Morgan fingerprint density at radius 1 is 1.48 bits per heavy atom. The fraction of sp³-hybridized carbons (Fsp3) is 0.786. The maximum absolute atomic E-state index is 11.3. The number of amides is 1. The molecule has 1 aliphatic rings. The maximum atomic E-state index is 11.3. The van der Waals surface area contributed by atoms with Gasteiger partial charge in [0.15, 0.2) is 5.82 Å². The van der Waals surface area contributed by atoms with Crippen molar-refractivity contribution in [3.8, 4) is 0 Å². The van der Waals surface area contributed by atoms with Gasteiger partial charge in [-0.15, -0.1) is 0 Å². The molecule has 3 N–H and O–H groups in total. The van der Waals surface area contributed by atoms with Crippen molar-refractivity contribution in [1.29, 1.82) is 0 Å². The zero-order valence-corrected chi connectivity index (χ0v) is 12.8. The summed E-state index contributed by atoms with van der Waals surface area (Å²) >= 11 is 0. The van der Waals surface area contributed by atoms with Crippen LogP contribution in [-0.4, -0.2) is 46.6 Å². The van der Waals surface area contributed by atoms with Gasteiger partial charge in [0.05, 0.1) is 13.1 Å². The van der Waals surface area contributed by atoms with Crippen LogP contribution < -0.4 is 11.1 Å². The first-order valence-electron chi connectivity index (χ1n) is 7.59. The van der Waals surface area contributed by atoms with E-state index in [9.17, 15) is 4.79 Å². The lowest BCUT2D eigenvalue weighted by molar-refractivity contribution is -0.120. The number of hydrogen-bond donors (Lipinski definition) is 2. The Morgan fingerprint density at radius 2 is 2.19 bits per heavy atom. The van der Waals surface area contributed by atoms with Crippen LogP contribution in [0.15, 0.2) is 4.52 Å². The fourth-order valence-electron chi connectivity index (χ4n) is 2.66.